The summed E-state index contributed by atoms with van der Waals surface area (Å²) in [6.07, 6.45) is 3.25. The lowest BCUT2D eigenvalue weighted by Gasteiger charge is -2.34. The maximum absolute atomic E-state index is 12.6. The number of nitriles is 1. The summed E-state index contributed by atoms with van der Waals surface area (Å²) in [5.41, 5.74) is 0.920. The Morgan fingerprint density at radius 1 is 1.10 bits per heavy atom. The van der Waals surface area contributed by atoms with Crippen molar-refractivity contribution in [2.75, 3.05) is 6.61 Å². The number of amides is 1. The van der Waals surface area contributed by atoms with Gasteiger partial charge in [-0.15, -0.1) is 0 Å². The van der Waals surface area contributed by atoms with Crippen LogP contribution in [-0.2, 0) is 9.53 Å². The number of nitrogens with zero attached hydrogens (tertiary/aromatic N) is 1. The van der Waals surface area contributed by atoms with Crippen LogP contribution in [0, 0.1) is 23.2 Å². The Kier molecular flexibility index (Phi) is 7.53. The van der Waals surface area contributed by atoms with Crippen LogP contribution in [0.1, 0.15) is 49.0 Å². The number of esters is 1. The largest absolute Gasteiger partial charge is 0.452 e. The second-order valence-electron chi connectivity index (χ2n) is 7.72. The maximum Gasteiger partial charge on any atom is 0.339 e. The number of nitrogens with one attached hydrogen (secondary N) is 1. The summed E-state index contributed by atoms with van der Waals surface area (Å²) in [4.78, 5) is 26.4. The lowest BCUT2D eigenvalue weighted by molar-refractivity contribution is -0.125. The third-order valence-electron chi connectivity index (χ3n) is 5.72. The first-order valence-corrected chi connectivity index (χ1v) is 11.0. The highest BCUT2D eigenvalue weighted by Gasteiger charge is 2.28. The summed E-state index contributed by atoms with van der Waals surface area (Å²) in [6.45, 7) is 4.07. The van der Waals surface area contributed by atoms with Crippen LogP contribution in [0.3, 0.4) is 0 Å². The molecule has 1 aliphatic rings. The molecule has 5 nitrogen and oxygen atoms in total. The monoisotopic (exact) mass is 422 g/mol. The van der Waals surface area contributed by atoms with Gasteiger partial charge in [-0.25, -0.2) is 4.79 Å². The molecule has 1 fully saturated rings. The van der Waals surface area contributed by atoms with Crippen molar-refractivity contribution in [3.05, 3.63) is 59.7 Å². The summed E-state index contributed by atoms with van der Waals surface area (Å²) in [6, 6.07) is 16.6. The first-order chi connectivity index (χ1) is 14.5. The van der Waals surface area contributed by atoms with Gasteiger partial charge in [-0.2, -0.15) is 5.26 Å². The second kappa shape index (κ2) is 10.3. The number of ether oxygens (including phenoxy) is 1. The van der Waals surface area contributed by atoms with Gasteiger partial charge in [0, 0.05) is 15.8 Å². The van der Waals surface area contributed by atoms with E-state index in [9.17, 15) is 14.9 Å². The zero-order chi connectivity index (χ0) is 21.5. The maximum atomic E-state index is 12.6. The molecule has 0 unspecified atom stereocenters. The molecule has 2 aromatic rings. The molecular weight excluding hydrogens is 396 g/mol. The minimum Gasteiger partial charge on any atom is -0.452 e. The number of carbonyl (C=O) groups is 2. The van der Waals surface area contributed by atoms with Crippen LogP contribution in [0.4, 0.5) is 0 Å². The minimum atomic E-state index is -0.548. The molecule has 6 heteroatoms. The molecule has 0 bridgehead atoms. The lowest BCUT2D eigenvalue weighted by atomic mass is 9.78. The Morgan fingerprint density at radius 3 is 2.57 bits per heavy atom. The second-order valence-corrected chi connectivity index (χ2v) is 8.81. The SMILES string of the molecule is C[C@@H]1[C@H](C)CCC[C@@H]1NC(=O)COC(=O)c1ccccc1Sc1ccccc1C#N. The number of carbonyl (C=O) groups excluding carboxylic acids is 2. The van der Waals surface area contributed by atoms with Gasteiger partial charge in [0.15, 0.2) is 6.61 Å². The molecule has 156 valence electrons. The predicted molar refractivity (Wildman–Crippen MR) is 116 cm³/mol. The van der Waals surface area contributed by atoms with Crippen molar-refractivity contribution in [1.29, 1.82) is 5.26 Å². The normalized spacial score (nSPS) is 20.8. The molecule has 3 atom stereocenters. The van der Waals surface area contributed by atoms with E-state index in [2.05, 4.69) is 25.2 Å². The predicted octanol–water partition coefficient (Wildman–Crippen LogP) is 4.81. The average molecular weight is 423 g/mol. The molecular formula is C24H26N2O3S. The van der Waals surface area contributed by atoms with E-state index >= 15 is 0 Å². The zero-order valence-corrected chi connectivity index (χ0v) is 18.1. The molecule has 0 radical (unpaired) electrons. The number of rotatable bonds is 6. The van der Waals surface area contributed by atoms with Crippen LogP contribution >= 0.6 is 11.8 Å². The Labute approximate surface area is 181 Å². The van der Waals surface area contributed by atoms with Gasteiger partial charge in [-0.3, -0.25) is 4.79 Å². The molecule has 2 aromatic carbocycles. The summed E-state index contributed by atoms with van der Waals surface area (Å²) in [5.74, 6) is 0.171. The highest BCUT2D eigenvalue weighted by molar-refractivity contribution is 7.99. The van der Waals surface area contributed by atoms with Gasteiger partial charge in [0.25, 0.3) is 5.91 Å². The van der Waals surface area contributed by atoms with Crippen LogP contribution in [0.15, 0.2) is 58.3 Å². The average Bonchev–Trinajstić information content (AvgIpc) is 2.76. The third kappa shape index (κ3) is 5.43. The summed E-state index contributed by atoms with van der Waals surface area (Å²) in [7, 11) is 0. The molecule has 3 rings (SSSR count). The standard InChI is InChI=1S/C24H26N2O3S/c1-16-8-7-11-20(17(16)2)26-23(27)15-29-24(28)19-10-4-6-13-22(19)30-21-12-5-3-9-18(21)14-25/h3-6,9-10,12-13,16-17,20H,7-8,11,15H2,1-2H3,(H,26,27)/t16-,17-,20+/m1/s1. The topological polar surface area (TPSA) is 79.2 Å². The van der Waals surface area contributed by atoms with E-state index in [0.717, 1.165) is 17.7 Å². The Bertz CT molecular complexity index is 953. The molecule has 0 aromatic heterocycles. The Hall–Kier alpha value is -2.78. The summed E-state index contributed by atoms with van der Waals surface area (Å²) >= 11 is 1.33. The quantitative estimate of drug-likeness (QED) is 0.676. The van der Waals surface area contributed by atoms with E-state index in [4.69, 9.17) is 4.74 Å². The molecule has 1 amide bonds. The lowest BCUT2D eigenvalue weighted by Crippen LogP contribution is -2.45. The highest BCUT2D eigenvalue weighted by Crippen LogP contribution is 2.33. The molecule has 0 saturated heterocycles. The molecule has 0 heterocycles. The van der Waals surface area contributed by atoms with Crippen molar-refractivity contribution >= 4 is 23.6 Å². The molecule has 1 aliphatic carbocycles. The van der Waals surface area contributed by atoms with Crippen LogP contribution in [0.2, 0.25) is 0 Å². The highest BCUT2D eigenvalue weighted by atomic mass is 32.2. The van der Waals surface area contributed by atoms with E-state index < -0.39 is 5.97 Å². The fraction of sp³-hybridized carbons (Fsp3) is 0.375. The summed E-state index contributed by atoms with van der Waals surface area (Å²) in [5, 5.41) is 12.3. The number of benzene rings is 2. The number of hydrogen-bond acceptors (Lipinski definition) is 5. The van der Waals surface area contributed by atoms with Gasteiger partial charge in [-0.1, -0.05) is 62.7 Å². The van der Waals surface area contributed by atoms with Crippen LogP contribution in [-0.4, -0.2) is 24.5 Å². The van der Waals surface area contributed by atoms with E-state index in [1.54, 1.807) is 30.3 Å². The van der Waals surface area contributed by atoms with Crippen molar-refractivity contribution in [2.45, 2.75) is 48.9 Å². The van der Waals surface area contributed by atoms with Gasteiger partial charge in [0.2, 0.25) is 0 Å². The Balaban J connectivity index is 1.62. The Morgan fingerprint density at radius 2 is 1.80 bits per heavy atom. The zero-order valence-electron chi connectivity index (χ0n) is 17.3. The van der Waals surface area contributed by atoms with Crippen molar-refractivity contribution < 1.29 is 14.3 Å². The minimum absolute atomic E-state index is 0.130. The van der Waals surface area contributed by atoms with E-state index in [1.807, 2.05) is 18.2 Å². The smallest absolute Gasteiger partial charge is 0.339 e. The van der Waals surface area contributed by atoms with Crippen molar-refractivity contribution in [1.82, 2.24) is 5.32 Å². The van der Waals surface area contributed by atoms with Crippen LogP contribution in [0.5, 0.6) is 0 Å². The molecule has 1 N–H and O–H groups in total. The van der Waals surface area contributed by atoms with Crippen LogP contribution < -0.4 is 5.32 Å². The molecule has 30 heavy (non-hydrogen) atoms. The van der Waals surface area contributed by atoms with Gasteiger partial charge in [-0.05, 0) is 42.5 Å². The van der Waals surface area contributed by atoms with E-state index in [0.29, 0.717) is 27.9 Å². The molecule has 0 spiro atoms. The van der Waals surface area contributed by atoms with Gasteiger partial charge < -0.3 is 10.1 Å². The fourth-order valence-corrected chi connectivity index (χ4v) is 4.75. The van der Waals surface area contributed by atoms with Gasteiger partial charge >= 0.3 is 5.97 Å². The van der Waals surface area contributed by atoms with Crippen molar-refractivity contribution in [2.24, 2.45) is 11.8 Å². The van der Waals surface area contributed by atoms with E-state index in [-0.39, 0.29) is 18.6 Å². The molecule has 0 aliphatic heterocycles. The number of hydrogen-bond donors (Lipinski definition) is 1. The summed E-state index contributed by atoms with van der Waals surface area (Å²) < 4.78 is 5.30. The van der Waals surface area contributed by atoms with Crippen LogP contribution in [0.25, 0.3) is 0 Å². The first-order valence-electron chi connectivity index (χ1n) is 10.2. The van der Waals surface area contributed by atoms with Crippen molar-refractivity contribution in [3.8, 4) is 6.07 Å². The van der Waals surface area contributed by atoms with Crippen molar-refractivity contribution in [3.63, 3.8) is 0 Å². The van der Waals surface area contributed by atoms with Gasteiger partial charge in [0.05, 0.1) is 11.1 Å². The first kappa shape index (κ1) is 21.9. The van der Waals surface area contributed by atoms with Gasteiger partial charge in [0.1, 0.15) is 6.07 Å². The third-order valence-corrected chi connectivity index (χ3v) is 6.87. The fourth-order valence-electron chi connectivity index (χ4n) is 3.73. The molecule has 1 saturated carbocycles. The van der Waals surface area contributed by atoms with E-state index in [1.165, 1.54) is 18.2 Å².